The summed E-state index contributed by atoms with van der Waals surface area (Å²) in [6.07, 6.45) is 8.24. The third kappa shape index (κ3) is 10.2. The second-order valence-corrected chi connectivity index (χ2v) is 11.1. The first-order chi connectivity index (χ1) is 21.3. The molecule has 9 nitrogen and oxygen atoms in total. The number of likely N-dealkylation sites (tertiary alicyclic amines) is 1. The van der Waals surface area contributed by atoms with Crippen LogP contribution >= 0.6 is 11.8 Å². The average molecular weight is 626 g/mol. The Morgan fingerprint density at radius 2 is 1.91 bits per heavy atom. The molecule has 1 fully saturated rings. The van der Waals surface area contributed by atoms with E-state index in [1.807, 2.05) is 28.8 Å². The van der Waals surface area contributed by atoms with Crippen molar-refractivity contribution in [2.75, 3.05) is 13.7 Å². The zero-order valence-corrected chi connectivity index (χ0v) is 25.5. The highest BCUT2D eigenvalue weighted by Gasteiger charge is 2.25. The number of methoxy groups -OCH3 is 1. The molecule has 0 saturated carbocycles. The fourth-order valence-electron chi connectivity index (χ4n) is 4.91. The molecule has 0 aliphatic carbocycles. The number of hydrogen-bond acceptors (Lipinski definition) is 6. The number of nitrogens with two attached hydrogens (primary N) is 1. The largest absolute Gasteiger partial charge is 0.372 e. The fraction of sp³-hybridized carbons (Fsp3) is 0.312. The van der Waals surface area contributed by atoms with Crippen molar-refractivity contribution in [1.82, 2.24) is 20.2 Å². The molecule has 12 heteroatoms. The minimum absolute atomic E-state index is 0.250. The number of carbonyl (C=O) groups is 3. The molecule has 4 heterocycles. The molecule has 6 rings (SSSR count). The first-order valence-corrected chi connectivity index (χ1v) is 14.8. The van der Waals surface area contributed by atoms with Gasteiger partial charge >= 0.3 is 6.61 Å². The van der Waals surface area contributed by atoms with Gasteiger partial charge in [0.05, 0.1) is 13.0 Å². The van der Waals surface area contributed by atoms with Crippen LogP contribution in [0.25, 0.3) is 10.9 Å². The number of primary amides is 1. The Kier molecular flexibility index (Phi) is 13.8. The summed E-state index contributed by atoms with van der Waals surface area (Å²) in [4.78, 5) is 43.0. The van der Waals surface area contributed by atoms with Crippen LogP contribution in [0, 0.1) is 0 Å². The highest BCUT2D eigenvalue weighted by atomic mass is 32.2. The average Bonchev–Trinajstić information content (AvgIpc) is 3.65. The fourth-order valence-corrected chi connectivity index (χ4v) is 5.97. The van der Waals surface area contributed by atoms with E-state index in [-0.39, 0.29) is 12.3 Å². The summed E-state index contributed by atoms with van der Waals surface area (Å²) >= 11 is 1.84. The maximum atomic E-state index is 12.5. The van der Waals surface area contributed by atoms with Crippen LogP contribution in [-0.4, -0.2) is 59.9 Å². The van der Waals surface area contributed by atoms with E-state index in [4.69, 9.17) is 4.79 Å². The van der Waals surface area contributed by atoms with E-state index in [1.165, 1.54) is 20.9 Å². The van der Waals surface area contributed by atoms with Crippen LogP contribution in [0.1, 0.15) is 42.1 Å². The molecule has 2 aromatic heterocycles. The molecule has 1 unspecified atom stereocenters. The topological polar surface area (TPSA) is 130 Å². The van der Waals surface area contributed by atoms with Crippen molar-refractivity contribution < 1.29 is 27.9 Å². The molecule has 0 spiro atoms. The van der Waals surface area contributed by atoms with Crippen LogP contribution in [0.5, 0.6) is 0 Å². The van der Waals surface area contributed by atoms with E-state index in [0.717, 1.165) is 55.1 Å². The Balaban J connectivity index is 0.000000212. The number of hydrogen-bond donors (Lipinski definition) is 3. The van der Waals surface area contributed by atoms with Gasteiger partial charge in [0.15, 0.2) is 0 Å². The van der Waals surface area contributed by atoms with Gasteiger partial charge in [0.25, 0.3) is 0 Å². The van der Waals surface area contributed by atoms with Crippen molar-refractivity contribution in [1.29, 1.82) is 0 Å². The van der Waals surface area contributed by atoms with Gasteiger partial charge < -0.3 is 25.7 Å². The minimum Gasteiger partial charge on any atom is -0.372 e. The first-order valence-electron chi connectivity index (χ1n) is 14.0. The first kappa shape index (κ1) is 34.2. The number of alkyl halides is 2. The Labute approximate surface area is 259 Å². The number of nitrogens with one attached hydrogen (secondary N) is 2. The number of amides is 3. The monoisotopic (exact) mass is 625 g/mol. The van der Waals surface area contributed by atoms with E-state index in [0.29, 0.717) is 25.4 Å². The van der Waals surface area contributed by atoms with Gasteiger partial charge in [0, 0.05) is 58.5 Å². The van der Waals surface area contributed by atoms with Crippen LogP contribution in [0.3, 0.4) is 0 Å². The quantitative estimate of drug-likeness (QED) is 0.226. The molecule has 2 aliphatic heterocycles. The second kappa shape index (κ2) is 17.7. The van der Waals surface area contributed by atoms with Crippen molar-refractivity contribution in [2.24, 2.45) is 5.73 Å². The van der Waals surface area contributed by atoms with Gasteiger partial charge in [0.1, 0.15) is 0 Å². The van der Waals surface area contributed by atoms with Crippen LogP contribution in [0.4, 0.5) is 8.78 Å². The van der Waals surface area contributed by atoms with Crippen molar-refractivity contribution in [3.63, 3.8) is 0 Å². The molecule has 0 radical (unpaired) electrons. The number of nitrogens with zero attached hydrogens (tertiary/aromatic N) is 2. The predicted octanol–water partition coefficient (Wildman–Crippen LogP) is 5.06. The number of rotatable bonds is 6. The van der Waals surface area contributed by atoms with E-state index in [2.05, 4.69) is 75.1 Å². The van der Waals surface area contributed by atoms with Gasteiger partial charge in [-0.05, 0) is 67.1 Å². The Morgan fingerprint density at radius 1 is 1.18 bits per heavy atom. The van der Waals surface area contributed by atoms with E-state index in [1.54, 1.807) is 12.4 Å². The van der Waals surface area contributed by atoms with Gasteiger partial charge in [0.2, 0.25) is 18.7 Å². The highest BCUT2D eigenvalue weighted by Crippen LogP contribution is 2.39. The predicted molar refractivity (Wildman–Crippen MR) is 166 cm³/mol. The highest BCUT2D eigenvalue weighted by molar-refractivity contribution is 7.99. The Bertz CT molecular complexity index is 1480. The number of carbonyl (C=O) groups excluding carboxylic acids is 3. The molecule has 4 N–H and O–H groups in total. The number of pyridine rings is 1. The SMILES string of the molecule is CC1CCCN1C(=O)Cc1ccc2c(c1)Cc1ccccc1S2.COC(F)F.NC=O.O=CNCc1cc2cnccc2[nH]1. The summed E-state index contributed by atoms with van der Waals surface area (Å²) in [6, 6.07) is 19.4. The zero-order valence-electron chi connectivity index (χ0n) is 24.7. The lowest BCUT2D eigenvalue weighted by Crippen LogP contribution is -2.34. The number of ether oxygens (including phenoxy) is 1. The zero-order chi connectivity index (χ0) is 31.9. The molecule has 1 atom stereocenters. The Hall–Kier alpha value is -4.29. The molecule has 44 heavy (non-hydrogen) atoms. The summed E-state index contributed by atoms with van der Waals surface area (Å²) in [5.74, 6) is 0.277. The molecule has 234 valence electrons. The maximum Gasteiger partial charge on any atom is 0.345 e. The van der Waals surface area contributed by atoms with Gasteiger partial charge in [-0.25, -0.2) is 0 Å². The number of aromatic amines is 1. The lowest BCUT2D eigenvalue weighted by atomic mass is 10.0. The molecule has 2 aromatic carbocycles. The van der Waals surface area contributed by atoms with Gasteiger partial charge in [-0.15, -0.1) is 0 Å². The molecule has 2 aliphatic rings. The van der Waals surface area contributed by atoms with Crippen LogP contribution in [0.2, 0.25) is 0 Å². The van der Waals surface area contributed by atoms with Crippen LogP contribution in [0.15, 0.2) is 76.8 Å². The molecule has 4 aromatic rings. The normalized spacial score (nSPS) is 14.5. The van der Waals surface area contributed by atoms with Gasteiger partial charge in [-0.3, -0.25) is 19.4 Å². The minimum atomic E-state index is -2.62. The maximum absolute atomic E-state index is 12.5. The van der Waals surface area contributed by atoms with Gasteiger partial charge in [-0.2, -0.15) is 8.78 Å². The van der Waals surface area contributed by atoms with E-state index in [9.17, 15) is 18.4 Å². The molecular formula is C32H37F2N5O4S. The molecule has 1 saturated heterocycles. The third-order valence-corrected chi connectivity index (χ3v) is 8.19. The van der Waals surface area contributed by atoms with E-state index >= 15 is 0 Å². The number of fused-ring (bicyclic) bond motifs is 3. The van der Waals surface area contributed by atoms with Crippen LogP contribution < -0.4 is 11.1 Å². The molecular weight excluding hydrogens is 588 g/mol. The number of aromatic nitrogens is 2. The molecule has 0 bridgehead atoms. The summed E-state index contributed by atoms with van der Waals surface area (Å²) < 4.78 is 24.5. The van der Waals surface area contributed by atoms with Crippen molar-refractivity contribution >= 4 is 41.4 Å². The smallest absolute Gasteiger partial charge is 0.345 e. The lowest BCUT2D eigenvalue weighted by molar-refractivity contribution is -0.131. The van der Waals surface area contributed by atoms with Crippen LogP contribution in [-0.2, 0) is 38.5 Å². The number of benzene rings is 2. The van der Waals surface area contributed by atoms with Crippen molar-refractivity contribution in [3.05, 3.63) is 89.4 Å². The summed E-state index contributed by atoms with van der Waals surface area (Å²) in [5.41, 5.74) is 10.1. The molecule has 3 amide bonds. The van der Waals surface area contributed by atoms with E-state index < -0.39 is 6.61 Å². The number of H-pyrrole nitrogens is 1. The summed E-state index contributed by atoms with van der Waals surface area (Å²) in [5, 5.41) is 3.65. The summed E-state index contributed by atoms with van der Waals surface area (Å²) in [7, 11) is 0.949. The summed E-state index contributed by atoms with van der Waals surface area (Å²) in [6.45, 7) is 0.993. The number of halogens is 2. The standard InChI is InChI=1S/C20H21NOS.C9H9N3O.C2H4F2O.CH3NO/c1-14-5-4-10-21(14)20(22)12-15-8-9-19-17(11-15)13-16-6-2-3-7-18(16)23-19;13-6-11-5-8-3-7-4-10-2-1-9(7)12-8;1-5-2(3)4;2-1-3/h2-3,6-9,11,14H,4-5,10,12-13H2,1H3;1-4,6,12H,5H2,(H,11,13);2H,1H3;1H,(H2,2,3). The lowest BCUT2D eigenvalue weighted by Gasteiger charge is -2.22. The third-order valence-electron chi connectivity index (χ3n) is 6.96. The second-order valence-electron chi connectivity index (χ2n) is 9.97. The van der Waals surface area contributed by atoms with Crippen molar-refractivity contribution in [3.8, 4) is 0 Å². The Morgan fingerprint density at radius 3 is 2.57 bits per heavy atom. The van der Waals surface area contributed by atoms with Crippen molar-refractivity contribution in [2.45, 2.75) is 61.6 Å². The van der Waals surface area contributed by atoms with Gasteiger partial charge in [-0.1, -0.05) is 42.1 Å².